The van der Waals surface area contributed by atoms with E-state index in [0.29, 0.717) is 18.5 Å². The van der Waals surface area contributed by atoms with Gasteiger partial charge in [0.1, 0.15) is 0 Å². The van der Waals surface area contributed by atoms with Crippen LogP contribution >= 0.6 is 11.8 Å². The Balaban J connectivity index is 2.47. The van der Waals surface area contributed by atoms with Crippen molar-refractivity contribution in [3.05, 3.63) is 35.4 Å². The fraction of sp³-hybridized carbons (Fsp3) is 0.400. The van der Waals surface area contributed by atoms with Crippen LogP contribution in [0.1, 0.15) is 28.8 Å². The number of aliphatic hydroxyl groups excluding tert-OH is 1. The molecule has 0 spiro atoms. The Hall–Kier alpha value is -1.44. The fourth-order valence-corrected chi connectivity index (χ4v) is 1.88. The summed E-state index contributed by atoms with van der Waals surface area (Å²) in [5.41, 5.74) is 1.50. The summed E-state index contributed by atoms with van der Waals surface area (Å²) in [6.07, 6.45) is 3.51. The van der Waals surface area contributed by atoms with E-state index in [-0.39, 0.29) is 12.5 Å². The van der Waals surface area contributed by atoms with Crippen molar-refractivity contribution in [2.75, 3.05) is 25.2 Å². The Morgan fingerprint density at radius 1 is 1.37 bits per heavy atom. The zero-order valence-corrected chi connectivity index (χ0v) is 11.9. The maximum absolute atomic E-state index is 11.8. The van der Waals surface area contributed by atoms with E-state index in [2.05, 4.69) is 23.4 Å². The van der Waals surface area contributed by atoms with Crippen molar-refractivity contribution < 1.29 is 9.90 Å². The average Bonchev–Trinajstić information content (AvgIpc) is 2.44. The summed E-state index contributed by atoms with van der Waals surface area (Å²) < 4.78 is 0. The van der Waals surface area contributed by atoms with Crippen LogP contribution in [0.2, 0.25) is 0 Å². The fourth-order valence-electron chi connectivity index (χ4n) is 1.45. The molecule has 1 aromatic carbocycles. The van der Waals surface area contributed by atoms with Crippen molar-refractivity contribution in [3.63, 3.8) is 0 Å². The van der Waals surface area contributed by atoms with E-state index in [1.165, 1.54) is 0 Å². The molecule has 0 bridgehead atoms. The van der Waals surface area contributed by atoms with E-state index >= 15 is 0 Å². The van der Waals surface area contributed by atoms with Crippen LogP contribution in [0.5, 0.6) is 0 Å². The molecule has 0 fully saturated rings. The number of nitrogens with one attached hydrogen (secondary N) is 1. The second kappa shape index (κ2) is 9.48. The Labute approximate surface area is 118 Å². The molecule has 0 atom stereocenters. The van der Waals surface area contributed by atoms with Gasteiger partial charge in [0.2, 0.25) is 0 Å². The molecular weight excluding hydrogens is 258 g/mol. The van der Waals surface area contributed by atoms with Gasteiger partial charge in [-0.1, -0.05) is 11.8 Å². The molecule has 1 amide bonds. The number of thioether (sulfide) groups is 1. The van der Waals surface area contributed by atoms with Crippen LogP contribution < -0.4 is 5.32 Å². The van der Waals surface area contributed by atoms with Gasteiger partial charge >= 0.3 is 0 Å². The number of carbonyl (C=O) groups excluding carboxylic acids is 1. The smallest absolute Gasteiger partial charge is 0.251 e. The third-order valence-electron chi connectivity index (χ3n) is 2.43. The minimum absolute atomic E-state index is 0.0454. The highest BCUT2D eigenvalue weighted by atomic mass is 32.2. The van der Waals surface area contributed by atoms with E-state index in [1.807, 2.05) is 12.1 Å². The molecule has 3 nitrogen and oxygen atoms in total. The summed E-state index contributed by atoms with van der Waals surface area (Å²) >= 11 is 1.78. The number of carbonyl (C=O) groups is 1. The minimum Gasteiger partial charge on any atom is -0.395 e. The second-order valence-corrected chi connectivity index (χ2v) is 4.94. The summed E-state index contributed by atoms with van der Waals surface area (Å²) in [4.78, 5) is 11.8. The molecule has 4 heteroatoms. The highest BCUT2D eigenvalue weighted by molar-refractivity contribution is 7.98. The zero-order chi connectivity index (χ0) is 13.9. The van der Waals surface area contributed by atoms with Crippen molar-refractivity contribution in [3.8, 4) is 11.8 Å². The number of hydrogen-bond donors (Lipinski definition) is 2. The molecule has 0 heterocycles. The number of hydrogen-bond acceptors (Lipinski definition) is 3. The van der Waals surface area contributed by atoms with Crippen LogP contribution in [0.15, 0.2) is 24.3 Å². The van der Waals surface area contributed by atoms with Crippen molar-refractivity contribution in [1.29, 1.82) is 0 Å². The minimum atomic E-state index is -0.0454. The van der Waals surface area contributed by atoms with E-state index in [1.54, 1.807) is 23.9 Å². The van der Waals surface area contributed by atoms with Crippen LogP contribution in [-0.2, 0) is 0 Å². The van der Waals surface area contributed by atoms with Gasteiger partial charge < -0.3 is 10.4 Å². The van der Waals surface area contributed by atoms with Crippen molar-refractivity contribution in [1.82, 2.24) is 5.32 Å². The maximum atomic E-state index is 11.8. The van der Waals surface area contributed by atoms with Gasteiger partial charge in [-0.3, -0.25) is 4.79 Å². The topological polar surface area (TPSA) is 49.3 Å². The van der Waals surface area contributed by atoms with E-state index in [0.717, 1.165) is 17.7 Å². The van der Waals surface area contributed by atoms with Crippen molar-refractivity contribution >= 4 is 17.7 Å². The van der Waals surface area contributed by atoms with Crippen LogP contribution in [0.4, 0.5) is 0 Å². The van der Waals surface area contributed by atoms with Gasteiger partial charge in [-0.2, -0.15) is 11.8 Å². The first kappa shape index (κ1) is 15.6. The molecule has 0 unspecified atom stereocenters. The standard InChI is InChI=1S/C15H19NO2S/c1-19-12-4-10-16-15(18)14-8-6-13(7-9-14)5-2-3-11-17/h6-9,17H,3-4,10-12H2,1H3,(H,16,18). The Bertz CT molecular complexity index is 445. The third kappa shape index (κ3) is 6.32. The molecule has 0 radical (unpaired) electrons. The SMILES string of the molecule is CSCCCNC(=O)c1ccc(C#CCCO)cc1. The van der Waals surface area contributed by atoms with Crippen LogP contribution in [0, 0.1) is 11.8 Å². The summed E-state index contributed by atoms with van der Waals surface area (Å²) in [6, 6.07) is 7.18. The number of rotatable bonds is 6. The van der Waals surface area contributed by atoms with Gasteiger partial charge in [0.15, 0.2) is 0 Å². The quantitative estimate of drug-likeness (QED) is 0.617. The Morgan fingerprint density at radius 3 is 2.74 bits per heavy atom. The molecule has 0 saturated heterocycles. The highest BCUT2D eigenvalue weighted by Crippen LogP contribution is 2.03. The Morgan fingerprint density at radius 2 is 2.11 bits per heavy atom. The van der Waals surface area contributed by atoms with E-state index in [4.69, 9.17) is 5.11 Å². The molecule has 2 N–H and O–H groups in total. The number of benzene rings is 1. The molecule has 0 aliphatic rings. The molecule has 1 rings (SSSR count). The summed E-state index contributed by atoms with van der Waals surface area (Å²) in [5, 5.41) is 11.5. The molecule has 0 aliphatic carbocycles. The lowest BCUT2D eigenvalue weighted by molar-refractivity contribution is 0.0954. The van der Waals surface area contributed by atoms with Crippen LogP contribution in [0.25, 0.3) is 0 Å². The largest absolute Gasteiger partial charge is 0.395 e. The predicted molar refractivity (Wildman–Crippen MR) is 80.4 cm³/mol. The molecule has 0 aliphatic heterocycles. The van der Waals surface area contributed by atoms with Gasteiger partial charge in [0.05, 0.1) is 6.61 Å². The lowest BCUT2D eigenvalue weighted by Crippen LogP contribution is -2.24. The molecule has 0 saturated carbocycles. The first-order valence-electron chi connectivity index (χ1n) is 6.25. The monoisotopic (exact) mass is 277 g/mol. The van der Waals surface area contributed by atoms with Crippen LogP contribution in [0.3, 0.4) is 0 Å². The van der Waals surface area contributed by atoms with Crippen LogP contribution in [-0.4, -0.2) is 36.2 Å². The molecule has 102 valence electrons. The van der Waals surface area contributed by atoms with Gasteiger partial charge in [0, 0.05) is 24.1 Å². The number of aliphatic hydroxyl groups is 1. The summed E-state index contributed by atoms with van der Waals surface area (Å²) in [6.45, 7) is 0.779. The lowest BCUT2D eigenvalue weighted by Gasteiger charge is -2.04. The maximum Gasteiger partial charge on any atom is 0.251 e. The number of amides is 1. The van der Waals surface area contributed by atoms with Gasteiger partial charge in [-0.25, -0.2) is 0 Å². The first-order valence-corrected chi connectivity index (χ1v) is 7.64. The van der Waals surface area contributed by atoms with Gasteiger partial charge in [-0.05, 0) is 42.7 Å². The van der Waals surface area contributed by atoms with E-state index in [9.17, 15) is 4.79 Å². The molecular formula is C15H19NO2S. The molecule has 1 aromatic rings. The third-order valence-corrected chi connectivity index (χ3v) is 3.12. The molecule has 19 heavy (non-hydrogen) atoms. The first-order chi connectivity index (χ1) is 9.27. The zero-order valence-electron chi connectivity index (χ0n) is 11.1. The van der Waals surface area contributed by atoms with Gasteiger partial charge in [-0.15, -0.1) is 0 Å². The highest BCUT2D eigenvalue weighted by Gasteiger charge is 2.03. The summed E-state index contributed by atoms with van der Waals surface area (Å²) in [5.74, 6) is 6.78. The second-order valence-electron chi connectivity index (χ2n) is 3.95. The summed E-state index contributed by atoms with van der Waals surface area (Å²) in [7, 11) is 0. The normalized spacial score (nSPS) is 9.58. The van der Waals surface area contributed by atoms with Crippen molar-refractivity contribution in [2.45, 2.75) is 12.8 Å². The van der Waals surface area contributed by atoms with Gasteiger partial charge in [0.25, 0.3) is 5.91 Å². The predicted octanol–water partition coefficient (Wildman–Crippen LogP) is 1.90. The van der Waals surface area contributed by atoms with Crippen molar-refractivity contribution in [2.24, 2.45) is 0 Å². The average molecular weight is 277 g/mol. The lowest BCUT2D eigenvalue weighted by atomic mass is 10.1. The molecule has 0 aromatic heterocycles. The Kier molecular flexibility index (Phi) is 7.80. The van der Waals surface area contributed by atoms with E-state index < -0.39 is 0 Å².